The Labute approximate surface area is 113 Å². The van der Waals surface area contributed by atoms with Crippen LogP contribution in [0.2, 0.25) is 0 Å². The van der Waals surface area contributed by atoms with Gasteiger partial charge in [-0.15, -0.1) is 0 Å². The fourth-order valence-electron chi connectivity index (χ4n) is 1.63. The summed E-state index contributed by atoms with van der Waals surface area (Å²) in [6, 6.07) is 5.73. The lowest BCUT2D eigenvalue weighted by molar-refractivity contribution is 0.415. The average molecular weight is 273 g/mol. The van der Waals surface area contributed by atoms with Crippen LogP contribution in [0.1, 0.15) is 0 Å². The number of nitrogens with two attached hydrogens (primary N) is 1. The van der Waals surface area contributed by atoms with Crippen molar-refractivity contribution in [2.24, 2.45) is 0 Å². The molecule has 3 N–H and O–H groups in total. The van der Waals surface area contributed by atoms with E-state index in [4.69, 9.17) is 10.5 Å². The van der Waals surface area contributed by atoms with Gasteiger partial charge in [-0.2, -0.15) is 0 Å². The summed E-state index contributed by atoms with van der Waals surface area (Å²) in [6.07, 6.45) is 3.12. The Balaban J connectivity index is 1.95. The first kappa shape index (κ1) is 11.7. The standard InChI is InChI=1S/C12H11N5OS/c1-18-7-2-3-8-9(6-7)19-12(16-8)17-11-10(13)14-4-5-15-11/h2-6H,1H3,(H2,13,14)(H,15,16,17). The molecule has 0 fully saturated rings. The molecule has 7 heteroatoms. The molecule has 19 heavy (non-hydrogen) atoms. The van der Waals surface area contributed by atoms with Gasteiger partial charge in [0.15, 0.2) is 16.8 Å². The molecule has 6 nitrogen and oxygen atoms in total. The lowest BCUT2D eigenvalue weighted by atomic mass is 10.3. The van der Waals surface area contributed by atoms with Gasteiger partial charge in [0.2, 0.25) is 0 Å². The molecule has 0 saturated carbocycles. The maximum absolute atomic E-state index is 5.73. The molecule has 0 aliphatic heterocycles. The number of hydrogen-bond acceptors (Lipinski definition) is 7. The highest BCUT2D eigenvalue weighted by Gasteiger charge is 2.07. The maximum Gasteiger partial charge on any atom is 0.189 e. The smallest absolute Gasteiger partial charge is 0.189 e. The van der Waals surface area contributed by atoms with E-state index in [9.17, 15) is 0 Å². The highest BCUT2D eigenvalue weighted by Crippen LogP contribution is 2.31. The van der Waals surface area contributed by atoms with Crippen molar-refractivity contribution in [2.45, 2.75) is 0 Å². The molecule has 0 aliphatic carbocycles. The summed E-state index contributed by atoms with van der Waals surface area (Å²) < 4.78 is 6.22. The van der Waals surface area contributed by atoms with Gasteiger partial charge in [-0.25, -0.2) is 15.0 Å². The minimum atomic E-state index is 0.347. The van der Waals surface area contributed by atoms with Crippen LogP contribution in [-0.2, 0) is 0 Å². The summed E-state index contributed by atoms with van der Waals surface area (Å²) in [5.41, 5.74) is 6.63. The number of nitrogens with one attached hydrogen (secondary N) is 1. The molecule has 1 aromatic carbocycles. The number of anilines is 3. The first-order chi connectivity index (χ1) is 9.26. The number of rotatable bonds is 3. The van der Waals surface area contributed by atoms with Gasteiger partial charge in [0, 0.05) is 12.4 Å². The summed E-state index contributed by atoms with van der Waals surface area (Å²) in [4.78, 5) is 12.5. The Morgan fingerprint density at radius 2 is 2.11 bits per heavy atom. The minimum Gasteiger partial charge on any atom is -0.497 e. The van der Waals surface area contributed by atoms with Crippen LogP contribution in [0.3, 0.4) is 0 Å². The van der Waals surface area contributed by atoms with Crippen molar-refractivity contribution >= 4 is 38.3 Å². The fourth-order valence-corrected chi connectivity index (χ4v) is 2.53. The van der Waals surface area contributed by atoms with E-state index in [-0.39, 0.29) is 0 Å². The first-order valence-corrected chi connectivity index (χ1v) is 6.36. The summed E-state index contributed by atoms with van der Waals surface area (Å²) in [6.45, 7) is 0. The quantitative estimate of drug-likeness (QED) is 0.762. The first-order valence-electron chi connectivity index (χ1n) is 5.54. The van der Waals surface area contributed by atoms with Gasteiger partial charge in [-0.3, -0.25) is 0 Å². The SMILES string of the molecule is COc1ccc2nc(Nc3nccnc3N)sc2c1. The number of hydrogen-bond donors (Lipinski definition) is 2. The molecule has 0 atom stereocenters. The van der Waals surface area contributed by atoms with Crippen molar-refractivity contribution in [1.82, 2.24) is 15.0 Å². The van der Waals surface area contributed by atoms with Gasteiger partial charge < -0.3 is 15.8 Å². The van der Waals surface area contributed by atoms with E-state index < -0.39 is 0 Å². The van der Waals surface area contributed by atoms with Gasteiger partial charge in [0.05, 0.1) is 17.3 Å². The van der Waals surface area contributed by atoms with E-state index in [1.54, 1.807) is 19.5 Å². The molecule has 2 heterocycles. The summed E-state index contributed by atoms with van der Waals surface area (Å²) >= 11 is 1.50. The second-order valence-electron chi connectivity index (χ2n) is 3.77. The average Bonchev–Trinajstić information content (AvgIpc) is 2.82. The number of methoxy groups -OCH3 is 1. The van der Waals surface area contributed by atoms with Crippen LogP contribution in [0.4, 0.5) is 16.8 Å². The Morgan fingerprint density at radius 1 is 1.26 bits per heavy atom. The highest BCUT2D eigenvalue weighted by molar-refractivity contribution is 7.22. The van der Waals surface area contributed by atoms with E-state index in [0.29, 0.717) is 11.6 Å². The third kappa shape index (κ3) is 2.27. The van der Waals surface area contributed by atoms with Crippen molar-refractivity contribution in [3.05, 3.63) is 30.6 Å². The van der Waals surface area contributed by atoms with Gasteiger partial charge >= 0.3 is 0 Å². The summed E-state index contributed by atoms with van der Waals surface area (Å²) in [7, 11) is 1.64. The van der Waals surface area contributed by atoms with Gasteiger partial charge in [-0.05, 0) is 18.2 Å². The van der Waals surface area contributed by atoms with Gasteiger partial charge in [-0.1, -0.05) is 11.3 Å². The Bertz CT molecular complexity index is 727. The minimum absolute atomic E-state index is 0.347. The molecule has 0 unspecified atom stereocenters. The molecule has 3 rings (SSSR count). The predicted octanol–water partition coefficient (Wildman–Crippen LogP) is 2.42. The third-order valence-electron chi connectivity index (χ3n) is 2.55. The fraction of sp³-hybridized carbons (Fsp3) is 0.0833. The molecular weight excluding hydrogens is 262 g/mol. The second-order valence-corrected chi connectivity index (χ2v) is 4.80. The second kappa shape index (κ2) is 4.69. The highest BCUT2D eigenvalue weighted by atomic mass is 32.1. The molecule has 0 aliphatic rings. The normalized spacial score (nSPS) is 10.6. The molecule has 0 bridgehead atoms. The number of nitrogen functional groups attached to an aromatic ring is 1. The molecule has 2 aromatic heterocycles. The van der Waals surface area contributed by atoms with Crippen LogP contribution >= 0.6 is 11.3 Å². The van der Waals surface area contributed by atoms with Gasteiger partial charge in [0.1, 0.15) is 5.75 Å². The topological polar surface area (TPSA) is 86.0 Å². The largest absolute Gasteiger partial charge is 0.497 e. The van der Waals surface area contributed by atoms with Crippen LogP contribution in [0.25, 0.3) is 10.2 Å². The van der Waals surface area contributed by atoms with Crippen molar-refractivity contribution in [3.8, 4) is 5.75 Å². The van der Waals surface area contributed by atoms with Crippen LogP contribution in [0, 0.1) is 0 Å². The zero-order valence-corrected chi connectivity index (χ0v) is 10.9. The molecule has 0 radical (unpaired) electrons. The van der Waals surface area contributed by atoms with E-state index in [0.717, 1.165) is 21.1 Å². The Hall–Kier alpha value is -2.41. The Morgan fingerprint density at radius 3 is 2.89 bits per heavy atom. The van der Waals surface area contributed by atoms with Crippen molar-refractivity contribution < 1.29 is 4.74 Å². The molecule has 0 spiro atoms. The molecule has 0 saturated heterocycles. The van der Waals surface area contributed by atoms with E-state index in [1.807, 2.05) is 18.2 Å². The molecule has 3 aromatic rings. The van der Waals surface area contributed by atoms with Crippen molar-refractivity contribution in [3.63, 3.8) is 0 Å². The molecular formula is C12H11N5OS. The number of thiazole rings is 1. The lowest BCUT2D eigenvalue weighted by Gasteiger charge is -2.02. The number of aromatic nitrogens is 3. The number of benzene rings is 1. The zero-order chi connectivity index (χ0) is 13.2. The molecule has 0 amide bonds. The van der Waals surface area contributed by atoms with Gasteiger partial charge in [0.25, 0.3) is 0 Å². The third-order valence-corrected chi connectivity index (χ3v) is 3.48. The lowest BCUT2D eigenvalue weighted by Crippen LogP contribution is -2.00. The number of ether oxygens (including phenoxy) is 1. The summed E-state index contributed by atoms with van der Waals surface area (Å²) in [5, 5.41) is 3.79. The maximum atomic E-state index is 5.73. The van der Waals surface area contributed by atoms with Crippen molar-refractivity contribution in [1.29, 1.82) is 0 Å². The predicted molar refractivity (Wildman–Crippen MR) is 75.9 cm³/mol. The van der Waals surface area contributed by atoms with E-state index in [1.165, 1.54) is 11.3 Å². The van der Waals surface area contributed by atoms with Crippen LogP contribution in [-0.4, -0.2) is 22.1 Å². The van der Waals surface area contributed by atoms with Crippen molar-refractivity contribution in [2.75, 3.05) is 18.2 Å². The van der Waals surface area contributed by atoms with Crippen LogP contribution < -0.4 is 15.8 Å². The zero-order valence-electron chi connectivity index (χ0n) is 10.1. The number of fused-ring (bicyclic) bond motifs is 1. The number of nitrogens with zero attached hydrogens (tertiary/aromatic N) is 3. The summed E-state index contributed by atoms with van der Waals surface area (Å²) in [5.74, 6) is 1.66. The van der Waals surface area contributed by atoms with Crippen LogP contribution in [0.15, 0.2) is 30.6 Å². The van der Waals surface area contributed by atoms with E-state index in [2.05, 4.69) is 20.3 Å². The Kier molecular flexibility index (Phi) is 2.88. The monoisotopic (exact) mass is 273 g/mol. The van der Waals surface area contributed by atoms with Crippen LogP contribution in [0.5, 0.6) is 5.75 Å². The van der Waals surface area contributed by atoms with E-state index >= 15 is 0 Å². The molecule has 96 valence electrons.